The van der Waals surface area contributed by atoms with Gasteiger partial charge in [-0.25, -0.2) is 4.21 Å². The molecule has 2 aromatic carbocycles. The van der Waals surface area contributed by atoms with Gasteiger partial charge in [0.05, 0.1) is 25.2 Å². The van der Waals surface area contributed by atoms with Gasteiger partial charge in [-0.15, -0.1) is 15.4 Å². The van der Waals surface area contributed by atoms with E-state index in [9.17, 15) is 18.9 Å². The number of fused-ring (bicyclic) bond motifs is 3. The monoisotopic (exact) mass is 721 g/mol. The molecule has 50 heavy (non-hydrogen) atoms. The minimum atomic E-state index is -3.66. The van der Waals surface area contributed by atoms with Gasteiger partial charge >= 0.3 is 0 Å². The minimum Gasteiger partial charge on any atom is -0.490 e. The van der Waals surface area contributed by atoms with Crippen molar-refractivity contribution in [2.24, 2.45) is 29.2 Å². The number of hydrogen-bond donors (Lipinski definition) is 2. The van der Waals surface area contributed by atoms with Gasteiger partial charge in [0.15, 0.2) is 0 Å². The molecule has 1 aromatic heterocycles. The Kier molecular flexibility index (Phi) is 10.2. The number of aromatic nitrogens is 2. The molecule has 2 N–H and O–H groups in total. The topological polar surface area (TPSA) is 135 Å². The molecule has 0 saturated heterocycles. The van der Waals surface area contributed by atoms with Gasteiger partial charge in [-0.1, -0.05) is 44.4 Å². The lowest BCUT2D eigenvalue weighted by Gasteiger charge is -2.42. The molecule has 0 fully saturated rings. The van der Waals surface area contributed by atoms with Crippen LogP contribution in [-0.4, -0.2) is 69.6 Å². The summed E-state index contributed by atoms with van der Waals surface area (Å²) >= 11 is 6.42. The zero-order chi connectivity index (χ0) is 35.8. The largest absolute Gasteiger partial charge is 0.490 e. The Bertz CT molecular complexity index is 1990. The Labute approximate surface area is 299 Å². The van der Waals surface area contributed by atoms with Crippen molar-refractivity contribution < 1.29 is 28.4 Å². The molecule has 1 unspecified atom stereocenters. The number of methoxy groups -OCH3 is 1. The Morgan fingerprint density at radius 2 is 2.02 bits per heavy atom. The number of amides is 2. The Hall–Kier alpha value is -4.05. The first-order valence-corrected chi connectivity index (χ1v) is 19.0. The van der Waals surface area contributed by atoms with Crippen LogP contribution < -0.4 is 19.1 Å². The average Bonchev–Trinajstić information content (AvgIpc) is 3.39. The van der Waals surface area contributed by atoms with Gasteiger partial charge in [0.25, 0.3) is 11.8 Å². The van der Waals surface area contributed by atoms with E-state index in [1.807, 2.05) is 26.0 Å². The number of benzene rings is 2. The second-order valence-corrected chi connectivity index (χ2v) is 16.5. The van der Waals surface area contributed by atoms with E-state index in [1.54, 1.807) is 25.2 Å². The van der Waals surface area contributed by atoms with Crippen LogP contribution in [0.5, 0.6) is 11.6 Å². The van der Waals surface area contributed by atoms with Crippen LogP contribution >= 0.6 is 11.6 Å². The van der Waals surface area contributed by atoms with Crippen LogP contribution in [0.3, 0.4) is 0 Å². The van der Waals surface area contributed by atoms with Crippen LogP contribution in [-0.2, 0) is 28.8 Å². The van der Waals surface area contributed by atoms with Gasteiger partial charge in [0.1, 0.15) is 27.3 Å². The molecule has 2 amide bonds. The third kappa shape index (κ3) is 7.36. The van der Waals surface area contributed by atoms with Gasteiger partial charge in [0, 0.05) is 48.8 Å². The third-order valence-electron chi connectivity index (χ3n) is 10.1. The van der Waals surface area contributed by atoms with Crippen LogP contribution in [0.25, 0.3) is 0 Å². The Morgan fingerprint density at radius 3 is 2.80 bits per heavy atom. The molecule has 13 heteroatoms. The number of halogens is 1. The van der Waals surface area contributed by atoms with Crippen molar-refractivity contribution >= 4 is 39.0 Å². The zero-order valence-electron chi connectivity index (χ0n) is 29.1. The van der Waals surface area contributed by atoms with Crippen LogP contribution in [0.4, 0.5) is 5.69 Å². The number of carbonyl (C=O) groups is 2. The highest BCUT2D eigenvalue weighted by molar-refractivity contribution is 7.92. The van der Waals surface area contributed by atoms with Gasteiger partial charge in [-0.2, -0.15) is 0 Å². The quantitative estimate of drug-likeness (QED) is 0.353. The van der Waals surface area contributed by atoms with E-state index in [0.29, 0.717) is 36.2 Å². The number of nitrogens with zero attached hydrogens (tertiary/aromatic N) is 4. The van der Waals surface area contributed by atoms with Crippen LogP contribution in [0.2, 0.25) is 5.02 Å². The molecule has 266 valence electrons. The summed E-state index contributed by atoms with van der Waals surface area (Å²) in [5.41, 5.74) is 3.07. The van der Waals surface area contributed by atoms with E-state index in [-0.39, 0.29) is 52.3 Å². The average molecular weight is 722 g/mol. The van der Waals surface area contributed by atoms with Crippen LogP contribution in [0, 0.1) is 29.6 Å². The molecule has 11 nitrogen and oxygen atoms in total. The van der Waals surface area contributed by atoms with Crippen LogP contribution in [0.15, 0.2) is 47.0 Å². The smallest absolute Gasteiger partial charge is 0.286 e. The summed E-state index contributed by atoms with van der Waals surface area (Å²) in [6.45, 7) is 7.53. The highest BCUT2D eigenvalue weighted by atomic mass is 35.5. The SMILES string of the molecule is COc1nn(C)cc1C(=O)NS1(=O)=NC(=O)c2ccc3c(c2)N(C[C@H](C)[C@@H](C)[C@H](O)C#CC[C@H](C)C1)C[C@@]1(CCCc2cc(Cl)ccc21)CO3. The fourth-order valence-electron chi connectivity index (χ4n) is 7.25. The molecule has 6 rings (SSSR count). The molecular weight excluding hydrogens is 678 g/mol. The van der Waals surface area contributed by atoms with E-state index in [4.69, 9.17) is 21.1 Å². The summed E-state index contributed by atoms with van der Waals surface area (Å²) in [5, 5.41) is 16.0. The van der Waals surface area contributed by atoms with E-state index < -0.39 is 27.8 Å². The molecule has 1 aliphatic carbocycles. The molecule has 0 saturated carbocycles. The summed E-state index contributed by atoms with van der Waals surface area (Å²) < 4.78 is 34.4. The van der Waals surface area contributed by atoms with Crippen LogP contribution in [0.1, 0.15) is 71.9 Å². The lowest BCUT2D eigenvalue weighted by atomic mass is 9.70. The Balaban J connectivity index is 1.44. The van der Waals surface area contributed by atoms with Crippen molar-refractivity contribution in [1.29, 1.82) is 0 Å². The van der Waals surface area contributed by atoms with Crippen molar-refractivity contribution in [3.63, 3.8) is 0 Å². The summed E-state index contributed by atoms with van der Waals surface area (Å²) in [5.74, 6) is 4.62. The van der Waals surface area contributed by atoms with Crippen molar-refractivity contribution in [3.8, 4) is 23.5 Å². The number of rotatable bonds is 3. The number of nitrogens with one attached hydrogen (secondary N) is 1. The standard InChI is InChI=1S/C37H44ClN5O6S/c1-23-8-6-10-32(44)25(3)24(2)18-43-21-37(15-7-9-26-16-28(38)12-13-30(26)37)22-49-33-14-11-27(17-31(33)43)34(45)40-50(47,20-23)41-35(46)29-19-42(4)39-36(29)48-5/h11-14,16-17,19,23-25,32,44H,7-9,15,18,20-22H2,1-5H3,(H,40,41,45,46,47)/t23-,24-,25+,32+,37-,50?/m0/s1. The van der Waals surface area contributed by atoms with Crippen molar-refractivity contribution in [1.82, 2.24) is 14.5 Å². The maximum Gasteiger partial charge on any atom is 0.286 e. The zero-order valence-corrected chi connectivity index (χ0v) is 30.6. The lowest BCUT2D eigenvalue weighted by molar-refractivity contribution is 0.0979. The van der Waals surface area contributed by atoms with E-state index in [0.717, 1.165) is 19.3 Å². The number of aliphatic hydroxyl groups excluding tert-OH is 1. The first-order valence-electron chi connectivity index (χ1n) is 17.0. The molecular formula is C37H44ClN5O6S. The molecule has 0 radical (unpaired) electrons. The fraction of sp³-hybridized carbons (Fsp3) is 0.486. The van der Waals surface area contributed by atoms with E-state index in [2.05, 4.69) is 43.9 Å². The van der Waals surface area contributed by atoms with Gasteiger partial charge in [-0.3, -0.25) is 19.0 Å². The predicted octanol–water partition coefficient (Wildman–Crippen LogP) is 5.18. The highest BCUT2D eigenvalue weighted by Crippen LogP contribution is 2.45. The number of carbonyl (C=O) groups excluding carboxylic acids is 2. The molecule has 2 bridgehead atoms. The molecule has 1 spiro atoms. The predicted molar refractivity (Wildman–Crippen MR) is 193 cm³/mol. The van der Waals surface area contributed by atoms with E-state index >= 15 is 0 Å². The second-order valence-electron chi connectivity index (χ2n) is 14.1. The first-order chi connectivity index (χ1) is 23.8. The summed E-state index contributed by atoms with van der Waals surface area (Å²) in [4.78, 5) is 29.6. The minimum absolute atomic E-state index is 0.0170. The number of aryl methyl sites for hydroxylation is 2. The van der Waals surface area contributed by atoms with Crippen molar-refractivity contribution in [2.45, 2.75) is 58.0 Å². The maximum absolute atomic E-state index is 14.5. The fourth-order valence-corrected chi connectivity index (χ4v) is 9.31. The number of ether oxygens (including phenoxy) is 2. The molecule has 2 aliphatic heterocycles. The highest BCUT2D eigenvalue weighted by Gasteiger charge is 2.42. The first kappa shape index (κ1) is 35.8. The van der Waals surface area contributed by atoms with Gasteiger partial charge in [0.2, 0.25) is 5.88 Å². The summed E-state index contributed by atoms with van der Waals surface area (Å²) in [6.07, 6.45) is 3.66. The van der Waals surface area contributed by atoms with Crippen molar-refractivity contribution in [3.05, 3.63) is 69.9 Å². The number of aliphatic hydroxyl groups is 1. The normalized spacial score (nSPS) is 28.3. The molecule has 3 aromatic rings. The summed E-state index contributed by atoms with van der Waals surface area (Å²) in [7, 11) is -0.653. The molecule has 3 aliphatic rings. The molecule has 3 heterocycles. The molecule has 6 atom stereocenters. The number of anilines is 1. The second kappa shape index (κ2) is 14.3. The number of hydrogen-bond acceptors (Lipinski definition) is 8. The van der Waals surface area contributed by atoms with Crippen molar-refractivity contribution in [2.75, 3.05) is 37.5 Å². The van der Waals surface area contributed by atoms with Gasteiger partial charge in [-0.05, 0) is 78.5 Å². The third-order valence-corrected chi connectivity index (χ3v) is 12.3. The van der Waals surface area contributed by atoms with E-state index in [1.165, 1.54) is 29.1 Å². The lowest BCUT2D eigenvalue weighted by Crippen LogP contribution is -2.47. The maximum atomic E-state index is 14.5. The summed E-state index contributed by atoms with van der Waals surface area (Å²) in [6, 6.07) is 11.2. The van der Waals surface area contributed by atoms with Gasteiger partial charge < -0.3 is 19.5 Å². The Morgan fingerprint density at radius 1 is 1.22 bits per heavy atom.